The van der Waals surface area contributed by atoms with E-state index in [0.717, 1.165) is 0 Å². The van der Waals surface area contributed by atoms with Crippen molar-refractivity contribution in [1.29, 1.82) is 0 Å². The minimum atomic E-state index is -3.71. The molecule has 0 amide bonds. The van der Waals surface area contributed by atoms with Crippen LogP contribution in [-0.2, 0) is 14.8 Å². The van der Waals surface area contributed by atoms with Crippen LogP contribution in [-0.4, -0.2) is 32.2 Å². The summed E-state index contributed by atoms with van der Waals surface area (Å²) in [7, 11) is -3.71. The summed E-state index contributed by atoms with van der Waals surface area (Å²) in [6, 6.07) is 3.08. The lowest BCUT2D eigenvalue weighted by molar-refractivity contribution is -0.00515. The van der Waals surface area contributed by atoms with Crippen LogP contribution in [0.2, 0.25) is 0 Å². The fourth-order valence-electron chi connectivity index (χ4n) is 1.41. The quantitative estimate of drug-likeness (QED) is 0.798. The second kappa shape index (κ2) is 5.64. The summed E-state index contributed by atoms with van der Waals surface area (Å²) in [6.45, 7) is 6.13. The Morgan fingerprint density at radius 1 is 1.50 bits per heavy atom. The Hall–Kier alpha value is -1.18. The van der Waals surface area contributed by atoms with Crippen LogP contribution in [0.3, 0.4) is 0 Å². The molecule has 0 radical (unpaired) electrons. The molecular formula is C11H19N3O3S. The van der Waals surface area contributed by atoms with Crippen LogP contribution < -0.4 is 10.5 Å². The number of hydrogen-bond donors (Lipinski definition) is 2. The first-order chi connectivity index (χ1) is 8.28. The molecule has 0 saturated carbocycles. The predicted octanol–water partition coefficient (Wildman–Crippen LogP) is 0.757. The molecule has 1 rings (SSSR count). The Kier molecular flexibility index (Phi) is 4.66. The predicted molar refractivity (Wildman–Crippen MR) is 69.5 cm³/mol. The summed E-state index contributed by atoms with van der Waals surface area (Å²) in [4.78, 5) is 3.78. The van der Waals surface area contributed by atoms with Crippen molar-refractivity contribution in [3.63, 3.8) is 0 Å². The number of nitrogens with two attached hydrogens (primary N) is 1. The van der Waals surface area contributed by atoms with E-state index in [0.29, 0.717) is 6.61 Å². The lowest BCUT2D eigenvalue weighted by Crippen LogP contribution is -2.40. The van der Waals surface area contributed by atoms with Crippen LogP contribution >= 0.6 is 0 Å². The van der Waals surface area contributed by atoms with Crippen LogP contribution in [0, 0.1) is 0 Å². The molecule has 1 heterocycles. The van der Waals surface area contributed by atoms with Crippen molar-refractivity contribution in [2.45, 2.75) is 31.4 Å². The normalized spacial score (nSPS) is 12.6. The number of aromatic nitrogens is 1. The summed E-state index contributed by atoms with van der Waals surface area (Å²) < 4.78 is 31.8. The van der Waals surface area contributed by atoms with E-state index in [4.69, 9.17) is 10.5 Å². The Morgan fingerprint density at radius 3 is 2.72 bits per heavy atom. The fourth-order valence-corrected chi connectivity index (χ4v) is 2.66. The Balaban J connectivity index is 2.81. The van der Waals surface area contributed by atoms with Crippen molar-refractivity contribution < 1.29 is 13.2 Å². The molecule has 0 spiro atoms. The van der Waals surface area contributed by atoms with Crippen LogP contribution in [0.4, 0.5) is 5.69 Å². The number of hydrogen-bond acceptors (Lipinski definition) is 5. The van der Waals surface area contributed by atoms with E-state index < -0.39 is 15.6 Å². The van der Waals surface area contributed by atoms with Gasteiger partial charge in [0.15, 0.2) is 5.03 Å². The average Bonchev–Trinajstić information content (AvgIpc) is 2.27. The molecule has 3 N–H and O–H groups in total. The number of sulfonamides is 1. The highest BCUT2D eigenvalue weighted by Gasteiger charge is 2.24. The molecule has 102 valence electrons. The third-order valence-electron chi connectivity index (χ3n) is 2.28. The minimum absolute atomic E-state index is 0.124. The number of nitrogens with one attached hydrogen (secondary N) is 1. The number of rotatable bonds is 6. The maximum Gasteiger partial charge on any atom is 0.260 e. The van der Waals surface area contributed by atoms with Crippen molar-refractivity contribution in [3.8, 4) is 0 Å². The molecule has 0 aromatic carbocycles. The SMILES string of the molecule is CCOC(C)(C)CNS(=O)(=O)c1ncccc1N. The van der Waals surface area contributed by atoms with Gasteiger partial charge in [0.1, 0.15) is 0 Å². The zero-order valence-corrected chi connectivity index (χ0v) is 11.6. The summed E-state index contributed by atoms with van der Waals surface area (Å²) in [5.41, 5.74) is 5.14. The third-order valence-corrected chi connectivity index (χ3v) is 3.65. The number of anilines is 1. The molecule has 0 fully saturated rings. The van der Waals surface area contributed by atoms with Gasteiger partial charge in [-0.25, -0.2) is 18.1 Å². The van der Waals surface area contributed by atoms with Crippen LogP contribution in [0.25, 0.3) is 0 Å². The molecule has 0 unspecified atom stereocenters. The summed E-state index contributed by atoms with van der Waals surface area (Å²) >= 11 is 0. The Labute approximate surface area is 108 Å². The van der Waals surface area contributed by atoms with Gasteiger partial charge in [0, 0.05) is 19.3 Å². The lowest BCUT2D eigenvalue weighted by Gasteiger charge is -2.24. The van der Waals surface area contributed by atoms with Gasteiger partial charge < -0.3 is 10.5 Å². The molecule has 0 atom stereocenters. The molecule has 6 nitrogen and oxygen atoms in total. The monoisotopic (exact) mass is 273 g/mol. The fraction of sp³-hybridized carbons (Fsp3) is 0.545. The molecular weight excluding hydrogens is 254 g/mol. The van der Waals surface area contributed by atoms with Crippen molar-refractivity contribution >= 4 is 15.7 Å². The van der Waals surface area contributed by atoms with Gasteiger partial charge in [-0.1, -0.05) is 0 Å². The van der Waals surface area contributed by atoms with Gasteiger partial charge in [-0.2, -0.15) is 0 Å². The van der Waals surface area contributed by atoms with E-state index in [1.54, 1.807) is 19.9 Å². The highest BCUT2D eigenvalue weighted by molar-refractivity contribution is 7.89. The van der Waals surface area contributed by atoms with Crippen LogP contribution in [0.5, 0.6) is 0 Å². The first-order valence-corrected chi connectivity index (χ1v) is 7.11. The van der Waals surface area contributed by atoms with Gasteiger partial charge in [0.05, 0.1) is 11.3 Å². The van der Waals surface area contributed by atoms with Gasteiger partial charge in [-0.15, -0.1) is 0 Å². The number of nitrogen functional groups attached to an aromatic ring is 1. The summed E-state index contributed by atoms with van der Waals surface area (Å²) in [6.07, 6.45) is 1.39. The Bertz CT molecular complexity index is 500. The van der Waals surface area contributed by atoms with E-state index in [1.807, 2.05) is 6.92 Å². The standard InChI is InChI=1S/C11H19N3O3S/c1-4-17-11(2,3)8-14-18(15,16)10-9(12)6-5-7-13-10/h5-7,14H,4,8,12H2,1-3H3. The molecule has 0 bridgehead atoms. The van der Waals surface area contributed by atoms with Crippen LogP contribution in [0.1, 0.15) is 20.8 Å². The molecule has 0 aliphatic heterocycles. The molecule has 0 aliphatic carbocycles. The number of ether oxygens (including phenoxy) is 1. The van der Waals surface area contributed by atoms with Gasteiger partial charge >= 0.3 is 0 Å². The summed E-state index contributed by atoms with van der Waals surface area (Å²) in [5.74, 6) is 0. The second-order valence-electron chi connectivity index (χ2n) is 4.42. The van der Waals surface area contributed by atoms with Gasteiger partial charge in [0.2, 0.25) is 0 Å². The van der Waals surface area contributed by atoms with E-state index in [9.17, 15) is 8.42 Å². The maximum absolute atomic E-state index is 12.0. The van der Waals surface area contributed by atoms with Gasteiger partial charge in [-0.05, 0) is 32.9 Å². The van der Waals surface area contributed by atoms with Crippen LogP contribution in [0.15, 0.2) is 23.4 Å². The lowest BCUT2D eigenvalue weighted by atomic mass is 10.1. The maximum atomic E-state index is 12.0. The summed E-state index contributed by atoms with van der Waals surface area (Å²) in [5, 5.41) is -0.155. The van der Waals surface area contributed by atoms with E-state index in [1.165, 1.54) is 12.3 Å². The molecule has 0 aliphatic rings. The average molecular weight is 273 g/mol. The highest BCUT2D eigenvalue weighted by Crippen LogP contribution is 2.15. The zero-order valence-electron chi connectivity index (χ0n) is 10.8. The van der Waals surface area contributed by atoms with Gasteiger partial charge in [0.25, 0.3) is 10.0 Å². The topological polar surface area (TPSA) is 94.3 Å². The van der Waals surface area contributed by atoms with E-state index in [-0.39, 0.29) is 17.3 Å². The first-order valence-electron chi connectivity index (χ1n) is 5.62. The van der Waals surface area contributed by atoms with Crippen molar-refractivity contribution in [2.75, 3.05) is 18.9 Å². The smallest absolute Gasteiger partial charge is 0.260 e. The molecule has 7 heteroatoms. The second-order valence-corrected chi connectivity index (χ2v) is 6.10. The zero-order chi connectivity index (χ0) is 13.8. The first kappa shape index (κ1) is 14.9. The van der Waals surface area contributed by atoms with E-state index >= 15 is 0 Å². The van der Waals surface area contributed by atoms with Crippen molar-refractivity contribution in [3.05, 3.63) is 18.3 Å². The molecule has 0 saturated heterocycles. The highest BCUT2D eigenvalue weighted by atomic mass is 32.2. The molecule has 1 aromatic rings. The van der Waals surface area contributed by atoms with Crippen molar-refractivity contribution in [1.82, 2.24) is 9.71 Å². The molecule has 1 aromatic heterocycles. The largest absolute Gasteiger partial charge is 0.396 e. The minimum Gasteiger partial charge on any atom is -0.396 e. The number of pyridine rings is 1. The van der Waals surface area contributed by atoms with Gasteiger partial charge in [-0.3, -0.25) is 0 Å². The van der Waals surface area contributed by atoms with E-state index in [2.05, 4.69) is 9.71 Å². The third kappa shape index (κ3) is 3.94. The number of nitrogens with zero attached hydrogens (tertiary/aromatic N) is 1. The van der Waals surface area contributed by atoms with Crippen molar-refractivity contribution in [2.24, 2.45) is 0 Å². The molecule has 18 heavy (non-hydrogen) atoms. The Morgan fingerprint density at radius 2 is 2.17 bits per heavy atom.